The van der Waals surface area contributed by atoms with E-state index in [2.05, 4.69) is 79.9 Å². The van der Waals surface area contributed by atoms with Crippen molar-refractivity contribution in [2.75, 3.05) is 40.9 Å². The van der Waals surface area contributed by atoms with Crippen molar-refractivity contribution in [2.24, 2.45) is 0 Å². The molecule has 0 aliphatic rings. The summed E-state index contributed by atoms with van der Waals surface area (Å²) >= 11 is 0. The summed E-state index contributed by atoms with van der Waals surface area (Å²) in [5.41, 5.74) is 0. The lowest BCUT2D eigenvalue weighted by Gasteiger charge is -2.29. The molecule has 0 spiro atoms. The Labute approximate surface area is 510 Å². The first-order chi connectivity index (χ1) is 40.0. The summed E-state index contributed by atoms with van der Waals surface area (Å²) in [6.07, 6.45) is 89.0. The van der Waals surface area contributed by atoms with Crippen LogP contribution in [0.4, 0.5) is 0 Å². The molecule has 0 aliphatic carbocycles. The van der Waals surface area contributed by atoms with Crippen molar-refractivity contribution in [1.29, 1.82) is 0 Å². The summed E-state index contributed by atoms with van der Waals surface area (Å²) in [6, 6.07) is -0.911. The van der Waals surface area contributed by atoms with Crippen molar-refractivity contribution in [2.45, 2.75) is 347 Å². The molecule has 0 saturated heterocycles. The molecule has 82 heavy (non-hydrogen) atoms. The minimum atomic E-state index is -4.61. The molecule has 0 rings (SSSR count). The molecule has 9 heteroatoms. The standard InChI is InChI=1S/C73H137N2O6P/c1-6-8-10-12-14-16-18-20-22-24-26-27-28-29-30-31-32-33-34-35-36-37-38-39-40-41-42-43-44-45-46-47-49-51-53-55-57-59-61-63-65-67-73(77)74-71(70-81-82(78,79)80-69-68-75(3,4)5)72(76)66-64-62-60-58-56-54-52-50-48-25-23-21-19-17-15-13-11-9-7-2/h18,20,24,26,28-29,48,50,56,58,64,66,71-72,76H,6-17,19,21-23,25,27,30-47,49,51-55,57,59-63,65,67-70H2,1-5H3,(H-,74,77,78,79)/b20-18-,26-24-,29-28-,50-48+,58-56+,66-64+. The number of phosphoric acid groups is 1. The lowest BCUT2D eigenvalue weighted by Crippen LogP contribution is -2.45. The number of aliphatic hydroxyl groups excluding tert-OH is 1. The van der Waals surface area contributed by atoms with Gasteiger partial charge >= 0.3 is 0 Å². The Morgan fingerprint density at radius 3 is 1.07 bits per heavy atom. The third-order valence-electron chi connectivity index (χ3n) is 15.9. The molecule has 8 nitrogen and oxygen atoms in total. The summed E-state index contributed by atoms with van der Waals surface area (Å²) in [6.45, 7) is 4.63. The summed E-state index contributed by atoms with van der Waals surface area (Å²) in [7, 11) is 1.24. The first-order valence-corrected chi connectivity index (χ1v) is 36.8. The second kappa shape index (κ2) is 63.4. The molecule has 480 valence electrons. The van der Waals surface area contributed by atoms with Crippen molar-refractivity contribution >= 4 is 13.7 Å². The van der Waals surface area contributed by atoms with Gasteiger partial charge in [0.1, 0.15) is 13.2 Å². The highest BCUT2D eigenvalue weighted by molar-refractivity contribution is 7.45. The first kappa shape index (κ1) is 79.9. The van der Waals surface area contributed by atoms with E-state index >= 15 is 0 Å². The quantitative estimate of drug-likeness (QED) is 0.0272. The van der Waals surface area contributed by atoms with Gasteiger partial charge in [0, 0.05) is 6.42 Å². The Morgan fingerprint density at radius 1 is 0.427 bits per heavy atom. The second-order valence-corrected chi connectivity index (χ2v) is 26.6. The van der Waals surface area contributed by atoms with E-state index in [4.69, 9.17) is 9.05 Å². The Bertz CT molecular complexity index is 1570. The summed E-state index contributed by atoms with van der Waals surface area (Å²) in [5.74, 6) is -0.207. The zero-order valence-electron chi connectivity index (χ0n) is 54.9. The van der Waals surface area contributed by atoms with Crippen molar-refractivity contribution in [1.82, 2.24) is 5.32 Å². The summed E-state index contributed by atoms with van der Waals surface area (Å²) in [4.78, 5) is 25.6. The predicted octanol–water partition coefficient (Wildman–Crippen LogP) is 21.9. The third-order valence-corrected chi connectivity index (χ3v) is 16.8. The van der Waals surface area contributed by atoms with Gasteiger partial charge in [-0.25, -0.2) is 0 Å². The van der Waals surface area contributed by atoms with Crippen LogP contribution in [0.3, 0.4) is 0 Å². The molecule has 0 radical (unpaired) electrons. The number of hydrogen-bond acceptors (Lipinski definition) is 6. The van der Waals surface area contributed by atoms with Crippen LogP contribution >= 0.6 is 7.82 Å². The Morgan fingerprint density at radius 2 is 0.720 bits per heavy atom. The molecule has 3 atom stereocenters. The van der Waals surface area contributed by atoms with E-state index in [0.29, 0.717) is 17.4 Å². The van der Waals surface area contributed by atoms with Gasteiger partial charge in [-0.3, -0.25) is 9.36 Å². The highest BCUT2D eigenvalue weighted by atomic mass is 31.2. The van der Waals surface area contributed by atoms with Crippen LogP contribution in [0.25, 0.3) is 0 Å². The Kier molecular flexibility index (Phi) is 61.8. The number of amides is 1. The van der Waals surface area contributed by atoms with Gasteiger partial charge in [-0.15, -0.1) is 0 Å². The van der Waals surface area contributed by atoms with Gasteiger partial charge in [-0.2, -0.15) is 0 Å². The molecule has 0 aromatic heterocycles. The van der Waals surface area contributed by atoms with E-state index in [-0.39, 0.29) is 12.5 Å². The van der Waals surface area contributed by atoms with E-state index in [0.717, 1.165) is 57.8 Å². The maximum absolute atomic E-state index is 13.0. The number of carbonyl (C=O) groups excluding carboxylic acids is 1. The number of nitrogens with one attached hydrogen (secondary N) is 1. The smallest absolute Gasteiger partial charge is 0.268 e. The van der Waals surface area contributed by atoms with Crippen molar-refractivity contribution in [3.63, 3.8) is 0 Å². The fourth-order valence-electron chi connectivity index (χ4n) is 10.4. The predicted molar refractivity (Wildman–Crippen MR) is 357 cm³/mol. The van der Waals surface area contributed by atoms with Crippen LogP contribution < -0.4 is 10.2 Å². The second-order valence-electron chi connectivity index (χ2n) is 25.2. The number of quaternary nitrogens is 1. The van der Waals surface area contributed by atoms with Gasteiger partial charge in [0.15, 0.2) is 0 Å². The van der Waals surface area contributed by atoms with E-state index in [1.54, 1.807) is 6.08 Å². The highest BCUT2D eigenvalue weighted by Gasteiger charge is 2.23. The van der Waals surface area contributed by atoms with Crippen molar-refractivity contribution < 1.29 is 32.9 Å². The van der Waals surface area contributed by atoms with Crippen LogP contribution in [-0.2, 0) is 18.4 Å². The van der Waals surface area contributed by atoms with Crippen LogP contribution in [0.5, 0.6) is 0 Å². The largest absolute Gasteiger partial charge is 0.756 e. The average Bonchev–Trinajstić information content (AvgIpc) is 3.47. The molecule has 2 N–H and O–H groups in total. The number of nitrogens with zero attached hydrogens (tertiary/aromatic N) is 1. The molecular weight excluding hydrogens is 1030 g/mol. The van der Waals surface area contributed by atoms with Gasteiger partial charge in [0.2, 0.25) is 5.91 Å². The van der Waals surface area contributed by atoms with Crippen LogP contribution in [0.15, 0.2) is 72.9 Å². The van der Waals surface area contributed by atoms with E-state index in [1.165, 1.54) is 257 Å². The first-order valence-electron chi connectivity index (χ1n) is 35.3. The monoisotopic (exact) mass is 1170 g/mol. The van der Waals surface area contributed by atoms with Crippen molar-refractivity contribution in [3.8, 4) is 0 Å². The molecule has 0 aliphatic heterocycles. The molecule has 3 unspecified atom stereocenters. The molecule has 0 fully saturated rings. The molecular formula is C73H137N2O6P. The molecule has 0 aromatic carbocycles. The number of allylic oxidation sites excluding steroid dienone is 11. The number of rotatable bonds is 65. The number of hydrogen-bond donors (Lipinski definition) is 2. The number of unbranched alkanes of at least 4 members (excludes halogenated alkanes) is 42. The highest BCUT2D eigenvalue weighted by Crippen LogP contribution is 2.38. The minimum absolute atomic E-state index is 0.00906. The minimum Gasteiger partial charge on any atom is -0.756 e. The third kappa shape index (κ3) is 65.5. The lowest BCUT2D eigenvalue weighted by molar-refractivity contribution is -0.870. The SMILES string of the molecule is CCCCCCC/C=C\C/C=C\C/C=C\CCCCCCCCCCCCCCCCCCCCCCCCCCCCC(=O)NC(COP(=O)([O-])OCC[N+](C)(C)C)C(O)/C=C/CC/C=C/CC/C=C/CCCCCCCCCCC. The van der Waals surface area contributed by atoms with Crippen LogP contribution in [-0.4, -0.2) is 68.5 Å². The summed E-state index contributed by atoms with van der Waals surface area (Å²) in [5, 5.41) is 13.9. The topological polar surface area (TPSA) is 108 Å². The lowest BCUT2D eigenvalue weighted by atomic mass is 10.0. The van der Waals surface area contributed by atoms with Gasteiger partial charge in [-0.1, -0.05) is 318 Å². The molecule has 0 bridgehead atoms. The molecule has 0 aromatic rings. The van der Waals surface area contributed by atoms with E-state index in [9.17, 15) is 19.4 Å². The maximum atomic E-state index is 13.0. The number of aliphatic hydroxyl groups is 1. The van der Waals surface area contributed by atoms with Crippen molar-refractivity contribution in [3.05, 3.63) is 72.9 Å². The van der Waals surface area contributed by atoms with Gasteiger partial charge in [0.05, 0.1) is 39.9 Å². The van der Waals surface area contributed by atoms with E-state index < -0.39 is 26.6 Å². The Balaban J connectivity index is 3.95. The Hall–Kier alpha value is -2.06. The zero-order chi connectivity index (χ0) is 59.8. The number of phosphoric ester groups is 1. The zero-order valence-corrected chi connectivity index (χ0v) is 55.8. The van der Waals surface area contributed by atoms with Gasteiger partial charge in [-0.05, 0) is 83.5 Å². The normalized spacial score (nSPS) is 14.1. The van der Waals surface area contributed by atoms with Gasteiger partial charge in [0.25, 0.3) is 7.82 Å². The number of likely N-dealkylation sites (N-methyl/N-ethyl adjacent to an activating group) is 1. The molecule has 1 amide bonds. The number of carbonyl (C=O) groups is 1. The fourth-order valence-corrected chi connectivity index (χ4v) is 11.1. The molecule has 0 heterocycles. The fraction of sp³-hybridized carbons (Fsp3) is 0.822. The van der Waals surface area contributed by atoms with Crippen LogP contribution in [0.1, 0.15) is 335 Å². The van der Waals surface area contributed by atoms with Crippen LogP contribution in [0.2, 0.25) is 0 Å². The van der Waals surface area contributed by atoms with Crippen LogP contribution in [0, 0.1) is 0 Å². The maximum Gasteiger partial charge on any atom is 0.268 e. The molecule has 0 saturated carbocycles. The average molecular weight is 1170 g/mol. The van der Waals surface area contributed by atoms with Gasteiger partial charge < -0.3 is 28.8 Å². The summed E-state index contributed by atoms with van der Waals surface area (Å²) < 4.78 is 23.4. The van der Waals surface area contributed by atoms with E-state index in [1.807, 2.05) is 27.2 Å².